The second-order valence-electron chi connectivity index (χ2n) is 5.40. The molecule has 0 aromatic heterocycles. The predicted molar refractivity (Wildman–Crippen MR) is 83.1 cm³/mol. The van der Waals surface area contributed by atoms with E-state index < -0.39 is 0 Å². The van der Waals surface area contributed by atoms with Crippen molar-refractivity contribution in [2.24, 2.45) is 0 Å². The lowest BCUT2D eigenvalue weighted by molar-refractivity contribution is 1.26. The normalized spacial score (nSPS) is 15.9. The van der Waals surface area contributed by atoms with Gasteiger partial charge in [-0.1, -0.05) is 66.2 Å². The molecule has 0 heteroatoms. The Bertz CT molecular complexity index is 670. The second-order valence-corrected chi connectivity index (χ2v) is 5.40. The number of rotatable bonds is 1. The first-order valence-electron chi connectivity index (χ1n) is 6.70. The highest BCUT2D eigenvalue weighted by atomic mass is 14.2. The van der Waals surface area contributed by atoms with Gasteiger partial charge in [0.05, 0.1) is 0 Å². The molecule has 0 spiro atoms. The molecule has 0 radical (unpaired) electrons. The monoisotopic (exact) mass is 246 g/mol. The van der Waals surface area contributed by atoms with E-state index in [4.69, 9.17) is 0 Å². The molecule has 0 saturated heterocycles. The van der Waals surface area contributed by atoms with Crippen LogP contribution in [-0.2, 0) is 6.42 Å². The SMILES string of the molecule is C=C1/C(=C/c2ccc(C)cc2)Cc2cc(C)ccc21. The summed E-state index contributed by atoms with van der Waals surface area (Å²) >= 11 is 0. The molecule has 94 valence electrons. The van der Waals surface area contributed by atoms with E-state index >= 15 is 0 Å². The molecule has 0 unspecified atom stereocenters. The van der Waals surface area contributed by atoms with Crippen LogP contribution in [0.15, 0.2) is 54.6 Å². The van der Waals surface area contributed by atoms with Crippen LogP contribution in [0.25, 0.3) is 11.6 Å². The molecule has 2 aromatic carbocycles. The maximum absolute atomic E-state index is 4.25. The van der Waals surface area contributed by atoms with Gasteiger partial charge in [-0.05, 0) is 48.1 Å². The van der Waals surface area contributed by atoms with Crippen LogP contribution in [0, 0.1) is 13.8 Å². The molecule has 3 rings (SSSR count). The van der Waals surface area contributed by atoms with Gasteiger partial charge in [-0.15, -0.1) is 0 Å². The van der Waals surface area contributed by atoms with E-state index in [0.717, 1.165) is 6.42 Å². The first kappa shape index (κ1) is 12.0. The van der Waals surface area contributed by atoms with Gasteiger partial charge in [0.1, 0.15) is 0 Å². The minimum absolute atomic E-state index is 1.00. The number of fused-ring (bicyclic) bond motifs is 1. The van der Waals surface area contributed by atoms with E-state index in [1.807, 2.05) is 0 Å². The first-order chi connectivity index (χ1) is 9.13. The highest BCUT2D eigenvalue weighted by molar-refractivity contribution is 5.89. The van der Waals surface area contributed by atoms with Gasteiger partial charge in [-0.3, -0.25) is 0 Å². The van der Waals surface area contributed by atoms with Crippen LogP contribution in [0.3, 0.4) is 0 Å². The third kappa shape index (κ3) is 2.26. The zero-order valence-electron chi connectivity index (χ0n) is 11.5. The molecule has 0 heterocycles. The van der Waals surface area contributed by atoms with Gasteiger partial charge < -0.3 is 0 Å². The maximum atomic E-state index is 4.25. The van der Waals surface area contributed by atoms with E-state index in [1.54, 1.807) is 0 Å². The quantitative estimate of drug-likeness (QED) is 0.667. The molecule has 1 aliphatic rings. The molecule has 0 atom stereocenters. The van der Waals surface area contributed by atoms with Crippen LogP contribution in [0.5, 0.6) is 0 Å². The standard InChI is InChI=1S/C19H18/c1-13-4-7-16(8-5-13)11-17-12-18-10-14(2)6-9-19(18)15(17)3/h4-11H,3,12H2,1-2H3/b17-11+. The molecular weight excluding hydrogens is 228 g/mol. The zero-order valence-corrected chi connectivity index (χ0v) is 11.5. The van der Waals surface area contributed by atoms with E-state index in [9.17, 15) is 0 Å². The predicted octanol–water partition coefficient (Wildman–Crippen LogP) is 4.96. The zero-order chi connectivity index (χ0) is 13.4. The van der Waals surface area contributed by atoms with Crippen molar-refractivity contribution in [3.05, 3.63) is 82.4 Å². The fourth-order valence-electron chi connectivity index (χ4n) is 2.65. The maximum Gasteiger partial charge on any atom is -0.00134 e. The van der Waals surface area contributed by atoms with Crippen molar-refractivity contribution in [2.45, 2.75) is 20.3 Å². The lowest BCUT2D eigenvalue weighted by Crippen LogP contribution is -1.82. The fourth-order valence-corrected chi connectivity index (χ4v) is 2.65. The minimum Gasteiger partial charge on any atom is -0.0909 e. The summed E-state index contributed by atoms with van der Waals surface area (Å²) in [6.07, 6.45) is 3.26. The number of benzene rings is 2. The summed E-state index contributed by atoms with van der Waals surface area (Å²) in [5.41, 5.74) is 9.10. The number of aryl methyl sites for hydroxylation is 2. The molecule has 19 heavy (non-hydrogen) atoms. The van der Waals surface area contributed by atoms with Gasteiger partial charge in [0.15, 0.2) is 0 Å². The summed E-state index contributed by atoms with van der Waals surface area (Å²) < 4.78 is 0. The Hall–Kier alpha value is -2.08. The van der Waals surface area contributed by atoms with Crippen molar-refractivity contribution in [3.63, 3.8) is 0 Å². The highest BCUT2D eigenvalue weighted by Gasteiger charge is 2.19. The van der Waals surface area contributed by atoms with Crippen LogP contribution >= 0.6 is 0 Å². The van der Waals surface area contributed by atoms with Gasteiger partial charge in [0, 0.05) is 0 Å². The molecular formula is C19H18. The van der Waals surface area contributed by atoms with Crippen LogP contribution in [0.1, 0.15) is 27.8 Å². The summed E-state index contributed by atoms with van der Waals surface area (Å²) in [5.74, 6) is 0. The minimum atomic E-state index is 1.00. The van der Waals surface area contributed by atoms with E-state index in [-0.39, 0.29) is 0 Å². The van der Waals surface area contributed by atoms with Crippen molar-refractivity contribution in [3.8, 4) is 0 Å². The summed E-state index contributed by atoms with van der Waals surface area (Å²) in [6, 6.07) is 15.3. The van der Waals surface area contributed by atoms with E-state index in [2.05, 4.69) is 69.0 Å². The molecule has 0 bridgehead atoms. The van der Waals surface area contributed by atoms with Crippen molar-refractivity contribution in [2.75, 3.05) is 0 Å². The molecule has 0 amide bonds. The van der Waals surface area contributed by atoms with Crippen LogP contribution in [0.4, 0.5) is 0 Å². The van der Waals surface area contributed by atoms with Gasteiger partial charge >= 0.3 is 0 Å². The van der Waals surface area contributed by atoms with Crippen molar-refractivity contribution in [1.29, 1.82) is 0 Å². The molecule has 0 fully saturated rings. The fraction of sp³-hybridized carbons (Fsp3) is 0.158. The Balaban J connectivity index is 1.97. The Morgan fingerprint density at radius 3 is 2.37 bits per heavy atom. The van der Waals surface area contributed by atoms with E-state index in [0.29, 0.717) is 0 Å². The summed E-state index contributed by atoms with van der Waals surface area (Å²) in [6.45, 7) is 8.51. The van der Waals surface area contributed by atoms with Gasteiger partial charge in [-0.2, -0.15) is 0 Å². The van der Waals surface area contributed by atoms with Crippen LogP contribution in [0.2, 0.25) is 0 Å². The largest absolute Gasteiger partial charge is 0.0909 e. The Morgan fingerprint density at radius 1 is 0.947 bits per heavy atom. The Morgan fingerprint density at radius 2 is 1.63 bits per heavy atom. The first-order valence-corrected chi connectivity index (χ1v) is 6.70. The molecule has 0 N–H and O–H groups in total. The third-order valence-electron chi connectivity index (χ3n) is 3.77. The van der Waals surface area contributed by atoms with Crippen molar-refractivity contribution >= 4 is 11.6 Å². The van der Waals surface area contributed by atoms with Gasteiger partial charge in [-0.25, -0.2) is 0 Å². The average Bonchev–Trinajstić information content (AvgIpc) is 2.68. The molecule has 0 saturated carbocycles. The lowest BCUT2D eigenvalue weighted by Gasteiger charge is -2.01. The van der Waals surface area contributed by atoms with Crippen LogP contribution < -0.4 is 0 Å². The van der Waals surface area contributed by atoms with Crippen LogP contribution in [-0.4, -0.2) is 0 Å². The van der Waals surface area contributed by atoms with Crippen molar-refractivity contribution in [1.82, 2.24) is 0 Å². The van der Waals surface area contributed by atoms with E-state index in [1.165, 1.54) is 39.0 Å². The topological polar surface area (TPSA) is 0 Å². The third-order valence-corrected chi connectivity index (χ3v) is 3.77. The highest BCUT2D eigenvalue weighted by Crippen LogP contribution is 2.36. The smallest absolute Gasteiger partial charge is 0.00134 e. The molecule has 2 aromatic rings. The second kappa shape index (κ2) is 4.55. The molecule has 0 nitrogen and oxygen atoms in total. The van der Waals surface area contributed by atoms with Gasteiger partial charge in [0.2, 0.25) is 0 Å². The summed E-state index contributed by atoms with van der Waals surface area (Å²) in [7, 11) is 0. The summed E-state index contributed by atoms with van der Waals surface area (Å²) in [5, 5.41) is 0. The van der Waals surface area contributed by atoms with Gasteiger partial charge in [0.25, 0.3) is 0 Å². The Labute approximate surface area is 115 Å². The Kier molecular flexibility index (Phi) is 2.87. The number of hydrogen-bond acceptors (Lipinski definition) is 0. The number of allylic oxidation sites excluding steroid dienone is 2. The average molecular weight is 246 g/mol. The lowest BCUT2D eigenvalue weighted by atomic mass is 10.0. The number of hydrogen-bond donors (Lipinski definition) is 0. The molecule has 0 aliphatic heterocycles. The van der Waals surface area contributed by atoms with Crippen molar-refractivity contribution < 1.29 is 0 Å². The summed E-state index contributed by atoms with van der Waals surface area (Å²) in [4.78, 5) is 0. The molecule has 1 aliphatic carbocycles.